The number of nitrogens with one attached hydrogen (secondary N) is 3. The second-order valence-electron chi connectivity index (χ2n) is 7.62. The number of amides is 2. The van der Waals surface area contributed by atoms with Crippen molar-refractivity contribution < 1.29 is 14.3 Å². The zero-order valence-electron chi connectivity index (χ0n) is 16.6. The summed E-state index contributed by atoms with van der Waals surface area (Å²) in [6.45, 7) is 1.66. The Morgan fingerprint density at radius 1 is 1.07 bits per heavy atom. The average Bonchev–Trinajstić information content (AvgIpc) is 3.41. The van der Waals surface area contributed by atoms with Crippen LogP contribution in [0.2, 0.25) is 0 Å². The van der Waals surface area contributed by atoms with Crippen molar-refractivity contribution in [2.24, 2.45) is 0 Å². The molecule has 1 aliphatic heterocycles. The summed E-state index contributed by atoms with van der Waals surface area (Å²) in [5.41, 5.74) is 5.22. The molecule has 0 spiro atoms. The first kappa shape index (κ1) is 18.1. The van der Waals surface area contributed by atoms with Crippen LogP contribution in [0.3, 0.4) is 0 Å². The Labute approximate surface area is 168 Å². The monoisotopic (exact) mass is 392 g/mol. The van der Waals surface area contributed by atoms with Crippen LogP contribution < -0.4 is 15.4 Å². The zero-order chi connectivity index (χ0) is 20.1. The molecule has 0 bridgehead atoms. The first-order chi connectivity index (χ1) is 14.2. The third kappa shape index (κ3) is 2.51. The molecule has 7 heteroatoms. The van der Waals surface area contributed by atoms with Gasteiger partial charge in [-0.05, 0) is 49.6 Å². The SMILES string of the molecule is CNCCNCN1C(=O)c2c3c(c4[nH]c5cccc(OC)c5c4c2C1=O)CCC3. The first-order valence-corrected chi connectivity index (χ1v) is 10.0. The highest BCUT2D eigenvalue weighted by Crippen LogP contribution is 2.44. The fourth-order valence-corrected chi connectivity index (χ4v) is 4.79. The van der Waals surface area contributed by atoms with Crippen molar-refractivity contribution >= 4 is 33.6 Å². The van der Waals surface area contributed by atoms with Crippen LogP contribution in [0.25, 0.3) is 21.8 Å². The summed E-state index contributed by atoms with van der Waals surface area (Å²) in [7, 11) is 3.50. The molecule has 7 nitrogen and oxygen atoms in total. The number of carbonyl (C=O) groups is 2. The molecule has 0 atom stereocenters. The van der Waals surface area contributed by atoms with Gasteiger partial charge in [-0.1, -0.05) is 6.07 Å². The van der Waals surface area contributed by atoms with Gasteiger partial charge in [0.2, 0.25) is 0 Å². The summed E-state index contributed by atoms with van der Waals surface area (Å²) in [6, 6.07) is 5.82. The van der Waals surface area contributed by atoms with Gasteiger partial charge >= 0.3 is 0 Å². The van der Waals surface area contributed by atoms with E-state index in [1.54, 1.807) is 7.11 Å². The van der Waals surface area contributed by atoms with Crippen molar-refractivity contribution in [1.29, 1.82) is 0 Å². The first-order valence-electron chi connectivity index (χ1n) is 10.0. The van der Waals surface area contributed by atoms with Gasteiger partial charge in [-0.15, -0.1) is 0 Å². The van der Waals surface area contributed by atoms with Gasteiger partial charge in [0.25, 0.3) is 11.8 Å². The van der Waals surface area contributed by atoms with Crippen molar-refractivity contribution in [3.8, 4) is 5.75 Å². The molecule has 2 aromatic carbocycles. The fourth-order valence-electron chi connectivity index (χ4n) is 4.79. The summed E-state index contributed by atoms with van der Waals surface area (Å²) in [5, 5.41) is 7.93. The zero-order valence-corrected chi connectivity index (χ0v) is 16.6. The van der Waals surface area contributed by atoms with E-state index in [0.717, 1.165) is 53.2 Å². The smallest absolute Gasteiger partial charge is 0.263 e. The molecule has 0 saturated carbocycles. The fraction of sp³-hybridized carbons (Fsp3) is 0.364. The van der Waals surface area contributed by atoms with E-state index >= 15 is 0 Å². The van der Waals surface area contributed by atoms with Crippen LogP contribution in [0.15, 0.2) is 18.2 Å². The molecule has 1 aromatic heterocycles. The predicted octanol–water partition coefficient (Wildman–Crippen LogP) is 2.18. The topological polar surface area (TPSA) is 86.5 Å². The molecule has 2 heterocycles. The quantitative estimate of drug-likeness (QED) is 0.442. The highest BCUT2D eigenvalue weighted by Gasteiger charge is 2.42. The minimum atomic E-state index is -0.228. The van der Waals surface area contributed by atoms with E-state index in [1.165, 1.54) is 10.5 Å². The number of hydrogen-bond donors (Lipinski definition) is 3. The van der Waals surface area contributed by atoms with E-state index in [9.17, 15) is 9.59 Å². The summed E-state index contributed by atoms with van der Waals surface area (Å²) in [4.78, 5) is 31.6. The summed E-state index contributed by atoms with van der Waals surface area (Å²) in [6.07, 6.45) is 2.74. The Balaban J connectivity index is 1.75. The Bertz CT molecular complexity index is 1160. The number of aryl methyl sites for hydroxylation is 1. The number of rotatable bonds is 6. The van der Waals surface area contributed by atoms with E-state index in [2.05, 4.69) is 15.6 Å². The van der Waals surface area contributed by atoms with Crippen molar-refractivity contribution in [2.75, 3.05) is 33.9 Å². The number of nitrogens with zero attached hydrogens (tertiary/aromatic N) is 1. The average molecular weight is 392 g/mol. The maximum Gasteiger partial charge on any atom is 0.263 e. The number of hydrogen-bond acceptors (Lipinski definition) is 5. The maximum absolute atomic E-state index is 13.4. The number of aromatic amines is 1. The molecule has 0 saturated heterocycles. The minimum absolute atomic E-state index is 0.189. The molecule has 29 heavy (non-hydrogen) atoms. The van der Waals surface area contributed by atoms with Crippen LogP contribution in [0.1, 0.15) is 38.3 Å². The number of carbonyl (C=O) groups excluding carboxylic acids is 2. The molecule has 2 aliphatic rings. The third-order valence-corrected chi connectivity index (χ3v) is 6.07. The highest BCUT2D eigenvalue weighted by atomic mass is 16.5. The van der Waals surface area contributed by atoms with Crippen LogP contribution in [-0.4, -0.2) is 55.6 Å². The van der Waals surface area contributed by atoms with E-state index in [4.69, 9.17) is 4.74 Å². The Morgan fingerprint density at radius 3 is 2.66 bits per heavy atom. The van der Waals surface area contributed by atoms with Gasteiger partial charge in [-0.3, -0.25) is 19.8 Å². The second kappa shape index (κ2) is 6.86. The van der Waals surface area contributed by atoms with E-state index in [-0.39, 0.29) is 18.5 Å². The van der Waals surface area contributed by atoms with Crippen LogP contribution in [-0.2, 0) is 12.8 Å². The molecular weight excluding hydrogens is 368 g/mol. The molecule has 3 N–H and O–H groups in total. The van der Waals surface area contributed by atoms with Crippen LogP contribution in [0.5, 0.6) is 5.75 Å². The molecule has 1 aliphatic carbocycles. The van der Waals surface area contributed by atoms with Gasteiger partial charge in [0.15, 0.2) is 0 Å². The van der Waals surface area contributed by atoms with Gasteiger partial charge < -0.3 is 15.0 Å². The van der Waals surface area contributed by atoms with Gasteiger partial charge in [0.05, 0.1) is 41.3 Å². The molecule has 5 rings (SSSR count). The lowest BCUT2D eigenvalue weighted by Crippen LogP contribution is -2.40. The van der Waals surface area contributed by atoms with Crippen LogP contribution in [0, 0.1) is 0 Å². The number of H-pyrrole nitrogens is 1. The number of aromatic nitrogens is 1. The highest BCUT2D eigenvalue weighted by molar-refractivity contribution is 6.31. The Hall–Kier alpha value is -2.90. The van der Waals surface area contributed by atoms with Gasteiger partial charge in [-0.25, -0.2) is 0 Å². The lowest BCUT2D eigenvalue weighted by Gasteiger charge is -2.14. The minimum Gasteiger partial charge on any atom is -0.496 e. The van der Waals surface area contributed by atoms with Crippen LogP contribution >= 0.6 is 0 Å². The number of imide groups is 1. The largest absolute Gasteiger partial charge is 0.496 e. The molecule has 0 radical (unpaired) electrons. The molecule has 2 amide bonds. The van der Waals surface area contributed by atoms with Gasteiger partial charge in [0, 0.05) is 18.5 Å². The number of ether oxygens (including phenoxy) is 1. The lowest BCUT2D eigenvalue weighted by atomic mass is 9.93. The maximum atomic E-state index is 13.4. The Morgan fingerprint density at radius 2 is 1.86 bits per heavy atom. The molecular formula is C22H24N4O3. The number of benzene rings is 2. The standard InChI is InChI=1S/C22H24N4O3/c1-23-9-10-24-11-26-21(27)16-12-5-3-6-13(12)20-18(19(16)22(26)28)17-14(25-20)7-4-8-15(17)29-2/h4,7-8,23-25H,3,5-6,9-11H2,1-2H3. The molecule has 150 valence electrons. The molecule has 3 aromatic rings. The van der Waals surface area contributed by atoms with E-state index in [0.29, 0.717) is 23.4 Å². The van der Waals surface area contributed by atoms with Gasteiger partial charge in [0.1, 0.15) is 5.75 Å². The summed E-state index contributed by atoms with van der Waals surface area (Å²) in [5.74, 6) is 0.291. The summed E-state index contributed by atoms with van der Waals surface area (Å²) < 4.78 is 5.60. The van der Waals surface area contributed by atoms with Crippen molar-refractivity contribution in [1.82, 2.24) is 20.5 Å². The van der Waals surface area contributed by atoms with Crippen LogP contribution in [0.4, 0.5) is 0 Å². The third-order valence-electron chi connectivity index (χ3n) is 6.07. The van der Waals surface area contributed by atoms with Crippen molar-refractivity contribution in [2.45, 2.75) is 19.3 Å². The molecule has 0 fully saturated rings. The second-order valence-corrected chi connectivity index (χ2v) is 7.62. The summed E-state index contributed by atoms with van der Waals surface area (Å²) >= 11 is 0. The van der Waals surface area contributed by atoms with Crippen molar-refractivity contribution in [3.63, 3.8) is 0 Å². The molecule has 0 unspecified atom stereocenters. The van der Waals surface area contributed by atoms with E-state index in [1.807, 2.05) is 25.2 Å². The lowest BCUT2D eigenvalue weighted by molar-refractivity contribution is 0.0642. The van der Waals surface area contributed by atoms with Crippen molar-refractivity contribution in [3.05, 3.63) is 40.5 Å². The normalized spacial score (nSPS) is 15.6. The number of fused-ring (bicyclic) bond motifs is 8. The number of likely N-dealkylation sites (N-methyl/N-ethyl adjacent to an activating group) is 1. The predicted molar refractivity (Wildman–Crippen MR) is 112 cm³/mol. The number of methoxy groups -OCH3 is 1. The Kier molecular flexibility index (Phi) is 4.29. The van der Waals surface area contributed by atoms with E-state index < -0.39 is 0 Å². The van der Waals surface area contributed by atoms with Gasteiger partial charge in [-0.2, -0.15) is 0 Å².